The molecular weight excluding hydrogens is 245 g/mol. The van der Waals surface area contributed by atoms with Crippen molar-refractivity contribution < 1.29 is 22.9 Å². The van der Waals surface area contributed by atoms with Gasteiger partial charge < -0.3 is 4.90 Å². The number of hydrogen-bond donors (Lipinski definition) is 0. The normalized spacial score (nSPS) is 10.5. The summed E-state index contributed by atoms with van der Waals surface area (Å²) >= 11 is 0. The summed E-state index contributed by atoms with van der Waals surface area (Å²) in [7, 11) is 0.230. The molecule has 104 valence electrons. The molecule has 0 radical (unpaired) electrons. The average molecular weight is 269 g/mol. The highest BCUT2D eigenvalue weighted by atomic mass is 31.2. The fourth-order valence-electron chi connectivity index (χ4n) is 0.586. The second-order valence-corrected chi connectivity index (χ2v) is 4.78. The van der Waals surface area contributed by atoms with Gasteiger partial charge in [-0.1, -0.05) is 0 Å². The van der Waals surface area contributed by atoms with E-state index in [9.17, 15) is 9.36 Å². The van der Waals surface area contributed by atoms with Crippen LogP contribution in [0.4, 0.5) is 0 Å². The van der Waals surface area contributed by atoms with E-state index in [-0.39, 0.29) is 5.91 Å². The van der Waals surface area contributed by atoms with Gasteiger partial charge in [-0.3, -0.25) is 18.4 Å². The van der Waals surface area contributed by atoms with Crippen LogP contribution in [0.1, 0.15) is 27.7 Å². The maximum atomic E-state index is 11.3. The molecule has 0 aromatic carbocycles. The Morgan fingerprint density at radius 3 is 1.35 bits per heavy atom. The summed E-state index contributed by atoms with van der Waals surface area (Å²) in [5.41, 5.74) is 0. The smallest absolute Gasteiger partial charge is 0.349 e. The molecule has 0 heterocycles. The third-order valence-corrected chi connectivity index (χ3v) is 3.21. The lowest BCUT2D eigenvalue weighted by Crippen LogP contribution is -2.17. The zero-order valence-electron chi connectivity index (χ0n) is 11.6. The number of nitrogens with zero attached hydrogens (tertiary/aromatic N) is 1. The number of rotatable bonds is 6. The van der Waals surface area contributed by atoms with E-state index in [1.54, 1.807) is 34.9 Å². The van der Waals surface area contributed by atoms with Crippen LogP contribution in [-0.4, -0.2) is 44.7 Å². The Hall–Kier alpha value is -0.420. The van der Waals surface area contributed by atoms with Gasteiger partial charge in [0.15, 0.2) is 0 Å². The largest absolute Gasteiger partial charge is 0.474 e. The molecule has 0 spiro atoms. The Balaban J connectivity index is 0. The number of phosphoric acid groups is 1. The summed E-state index contributed by atoms with van der Waals surface area (Å²) in [4.78, 5) is 11.6. The standard InChI is InChI=1S/C6H15O4P.C4H9NO/c1-4-8-11(7,9-5-2)10-6-3;1-4(6)5(2)3/h4-6H2,1-3H3;1-3H3. The highest BCUT2D eigenvalue weighted by molar-refractivity contribution is 7.48. The van der Waals surface area contributed by atoms with Crippen LogP contribution in [0.25, 0.3) is 0 Å². The molecule has 7 heteroatoms. The molecule has 0 N–H and O–H groups in total. The maximum Gasteiger partial charge on any atom is 0.474 e. The number of carbonyl (C=O) groups excluding carboxylic acids is 1. The van der Waals surface area contributed by atoms with Crippen LogP contribution < -0.4 is 0 Å². The molecule has 0 aromatic rings. The van der Waals surface area contributed by atoms with Gasteiger partial charge in [0.25, 0.3) is 0 Å². The molecule has 0 aliphatic heterocycles. The predicted octanol–water partition coefficient (Wildman–Crippen LogP) is 2.30. The van der Waals surface area contributed by atoms with Gasteiger partial charge in [0.1, 0.15) is 0 Å². The predicted molar refractivity (Wildman–Crippen MR) is 66.9 cm³/mol. The Kier molecular flexibility index (Phi) is 11.9. The lowest BCUT2D eigenvalue weighted by atomic mass is 10.7. The number of carbonyl (C=O) groups is 1. The van der Waals surface area contributed by atoms with Crippen LogP contribution in [0.5, 0.6) is 0 Å². The molecule has 0 aromatic heterocycles. The van der Waals surface area contributed by atoms with E-state index in [1.807, 2.05) is 0 Å². The van der Waals surface area contributed by atoms with E-state index in [0.717, 1.165) is 0 Å². The summed E-state index contributed by atoms with van der Waals surface area (Å²) in [5.74, 6) is 0.0926. The van der Waals surface area contributed by atoms with E-state index < -0.39 is 7.82 Å². The Morgan fingerprint density at radius 2 is 1.24 bits per heavy atom. The van der Waals surface area contributed by atoms with Crippen LogP contribution in [0.3, 0.4) is 0 Å². The second kappa shape index (κ2) is 10.7. The average Bonchev–Trinajstić information content (AvgIpc) is 2.19. The molecule has 0 bridgehead atoms. The fourth-order valence-corrected chi connectivity index (χ4v) is 1.76. The molecule has 0 rings (SSSR count). The van der Waals surface area contributed by atoms with Crippen molar-refractivity contribution >= 4 is 13.7 Å². The molecule has 0 saturated carbocycles. The first kappa shape index (κ1) is 18.9. The van der Waals surface area contributed by atoms with Crippen LogP contribution in [0.15, 0.2) is 0 Å². The van der Waals surface area contributed by atoms with Crippen molar-refractivity contribution in [2.24, 2.45) is 0 Å². The monoisotopic (exact) mass is 269 g/mol. The highest BCUT2D eigenvalue weighted by Crippen LogP contribution is 2.48. The third kappa shape index (κ3) is 11.8. The van der Waals surface area contributed by atoms with Crippen LogP contribution >= 0.6 is 7.82 Å². The van der Waals surface area contributed by atoms with Crippen molar-refractivity contribution in [1.82, 2.24) is 4.90 Å². The number of hydrogen-bond acceptors (Lipinski definition) is 5. The van der Waals surface area contributed by atoms with Gasteiger partial charge in [-0.15, -0.1) is 0 Å². The van der Waals surface area contributed by atoms with E-state index in [2.05, 4.69) is 0 Å². The van der Waals surface area contributed by atoms with Gasteiger partial charge in [-0.25, -0.2) is 4.57 Å². The summed E-state index contributed by atoms with van der Waals surface area (Å²) < 4.78 is 25.8. The second-order valence-electron chi connectivity index (χ2n) is 3.11. The molecule has 0 fully saturated rings. The van der Waals surface area contributed by atoms with Crippen molar-refractivity contribution in [3.8, 4) is 0 Å². The fraction of sp³-hybridized carbons (Fsp3) is 0.900. The summed E-state index contributed by atoms with van der Waals surface area (Å²) in [6, 6.07) is 0. The van der Waals surface area contributed by atoms with E-state index >= 15 is 0 Å². The molecule has 0 saturated heterocycles. The molecule has 0 atom stereocenters. The minimum atomic E-state index is -3.22. The maximum absolute atomic E-state index is 11.3. The van der Waals surface area contributed by atoms with E-state index in [0.29, 0.717) is 19.8 Å². The van der Waals surface area contributed by atoms with Gasteiger partial charge in [-0.2, -0.15) is 0 Å². The molecule has 0 unspecified atom stereocenters. The van der Waals surface area contributed by atoms with Crippen molar-refractivity contribution in [2.75, 3.05) is 33.9 Å². The van der Waals surface area contributed by atoms with E-state index in [4.69, 9.17) is 13.6 Å². The quantitative estimate of drug-likeness (QED) is 0.692. The SMILES string of the molecule is CC(=O)N(C)C.CCOP(=O)(OCC)OCC. The van der Waals surface area contributed by atoms with Crippen molar-refractivity contribution in [3.05, 3.63) is 0 Å². The first-order valence-electron chi connectivity index (χ1n) is 5.54. The van der Waals surface area contributed by atoms with Crippen molar-refractivity contribution in [3.63, 3.8) is 0 Å². The minimum Gasteiger partial charge on any atom is -0.349 e. The third-order valence-electron chi connectivity index (χ3n) is 1.49. The van der Waals surface area contributed by atoms with Gasteiger partial charge in [0.2, 0.25) is 5.91 Å². The molecule has 6 nitrogen and oxygen atoms in total. The van der Waals surface area contributed by atoms with Crippen LogP contribution in [0, 0.1) is 0 Å². The topological polar surface area (TPSA) is 65.1 Å². The van der Waals surface area contributed by atoms with Gasteiger partial charge in [0.05, 0.1) is 19.8 Å². The molecule has 17 heavy (non-hydrogen) atoms. The highest BCUT2D eigenvalue weighted by Gasteiger charge is 2.23. The zero-order valence-corrected chi connectivity index (χ0v) is 12.5. The number of amides is 1. The zero-order chi connectivity index (χ0) is 13.9. The van der Waals surface area contributed by atoms with Gasteiger partial charge >= 0.3 is 7.82 Å². The van der Waals surface area contributed by atoms with Gasteiger partial charge in [-0.05, 0) is 20.8 Å². The summed E-state index contributed by atoms with van der Waals surface area (Å²) in [6.45, 7) is 7.74. The van der Waals surface area contributed by atoms with Crippen molar-refractivity contribution in [2.45, 2.75) is 27.7 Å². The van der Waals surface area contributed by atoms with Gasteiger partial charge in [0, 0.05) is 21.0 Å². The lowest BCUT2D eigenvalue weighted by molar-refractivity contribution is -0.126. The Labute approximate surface area is 104 Å². The van der Waals surface area contributed by atoms with Crippen LogP contribution in [-0.2, 0) is 22.9 Å². The first-order chi connectivity index (χ1) is 7.82. The molecule has 1 amide bonds. The van der Waals surface area contributed by atoms with Crippen LogP contribution in [0.2, 0.25) is 0 Å². The first-order valence-corrected chi connectivity index (χ1v) is 7.00. The molecule has 0 aliphatic rings. The number of phosphoric ester groups is 1. The minimum absolute atomic E-state index is 0.0926. The summed E-state index contributed by atoms with van der Waals surface area (Å²) in [5, 5.41) is 0. The lowest BCUT2D eigenvalue weighted by Gasteiger charge is -2.14. The molecule has 0 aliphatic carbocycles. The summed E-state index contributed by atoms with van der Waals surface area (Å²) in [6.07, 6.45) is 0. The van der Waals surface area contributed by atoms with E-state index in [1.165, 1.54) is 11.8 Å². The molecular formula is C10H24NO5P. The Bertz CT molecular complexity index is 221. The van der Waals surface area contributed by atoms with Crippen molar-refractivity contribution in [1.29, 1.82) is 0 Å². The Morgan fingerprint density at radius 1 is 1.00 bits per heavy atom.